The molecule has 2 N–H and O–H groups in total. The van der Waals surface area contributed by atoms with Crippen molar-refractivity contribution in [2.45, 2.75) is 31.8 Å². The Balaban J connectivity index is 1.48. The van der Waals surface area contributed by atoms with Crippen molar-refractivity contribution >= 4 is 5.91 Å². The van der Waals surface area contributed by atoms with E-state index in [-0.39, 0.29) is 5.91 Å². The topological polar surface area (TPSA) is 52.6 Å². The summed E-state index contributed by atoms with van der Waals surface area (Å²) in [6, 6.07) is 17.8. The fraction of sp³-hybridized carbons (Fsp3) is 0.375. The van der Waals surface area contributed by atoms with Crippen LogP contribution >= 0.6 is 0 Å². The molecule has 0 aliphatic carbocycles. The molecule has 1 atom stereocenters. The zero-order valence-corrected chi connectivity index (χ0v) is 16.6. The van der Waals surface area contributed by atoms with Gasteiger partial charge in [-0.3, -0.25) is 4.79 Å². The second kappa shape index (κ2) is 9.05. The molecule has 1 unspecified atom stereocenters. The predicted molar refractivity (Wildman–Crippen MR) is 112 cm³/mol. The minimum atomic E-state index is -1.05. The van der Waals surface area contributed by atoms with Gasteiger partial charge in [0.05, 0.1) is 0 Å². The number of hydrogen-bond acceptors (Lipinski definition) is 3. The number of carbonyl (C=O) groups excluding carboxylic acids is 1. The van der Waals surface area contributed by atoms with Gasteiger partial charge in [0.1, 0.15) is 5.60 Å². The number of hydrogen-bond donors (Lipinski definition) is 2. The second-order valence-corrected chi connectivity index (χ2v) is 7.84. The molecule has 0 aromatic heterocycles. The molecule has 1 aliphatic heterocycles. The molecule has 1 amide bonds. The molecule has 1 saturated heterocycles. The lowest BCUT2D eigenvalue weighted by Crippen LogP contribution is -2.33. The van der Waals surface area contributed by atoms with Crippen LogP contribution in [0.15, 0.2) is 54.6 Å². The van der Waals surface area contributed by atoms with E-state index in [1.54, 1.807) is 26.0 Å². The van der Waals surface area contributed by atoms with Crippen LogP contribution in [0.4, 0.5) is 0 Å². The summed E-state index contributed by atoms with van der Waals surface area (Å²) in [6.45, 7) is 6.86. The van der Waals surface area contributed by atoms with Crippen molar-refractivity contribution in [3.05, 3.63) is 71.3 Å². The molecule has 146 valence electrons. The SMILES string of the molecule is CC(C)(O)C#Cc1cccc(C(=O)NCCN2CCC(c3ccccc3)C2)c1. The number of amides is 1. The first-order valence-corrected chi connectivity index (χ1v) is 9.82. The smallest absolute Gasteiger partial charge is 0.251 e. The summed E-state index contributed by atoms with van der Waals surface area (Å²) < 4.78 is 0. The fourth-order valence-corrected chi connectivity index (χ4v) is 3.43. The normalized spacial score (nSPS) is 17.0. The Hall–Kier alpha value is -2.61. The van der Waals surface area contributed by atoms with Crippen molar-refractivity contribution in [2.24, 2.45) is 0 Å². The van der Waals surface area contributed by atoms with E-state index in [1.165, 1.54) is 12.0 Å². The van der Waals surface area contributed by atoms with Crippen LogP contribution in [0.2, 0.25) is 0 Å². The first-order chi connectivity index (χ1) is 13.4. The van der Waals surface area contributed by atoms with Crippen LogP contribution in [0, 0.1) is 11.8 Å². The molecule has 0 spiro atoms. The summed E-state index contributed by atoms with van der Waals surface area (Å²) >= 11 is 0. The lowest BCUT2D eigenvalue weighted by Gasteiger charge is -2.16. The molecule has 0 bridgehead atoms. The summed E-state index contributed by atoms with van der Waals surface area (Å²) in [6.07, 6.45) is 1.17. The van der Waals surface area contributed by atoms with Crippen LogP contribution in [0.3, 0.4) is 0 Å². The van der Waals surface area contributed by atoms with E-state index < -0.39 is 5.60 Å². The molecular formula is C24H28N2O2. The van der Waals surface area contributed by atoms with Gasteiger partial charge in [0.25, 0.3) is 5.91 Å². The summed E-state index contributed by atoms with van der Waals surface area (Å²) in [5.41, 5.74) is 1.66. The lowest BCUT2D eigenvalue weighted by molar-refractivity contribution is 0.0949. The largest absolute Gasteiger partial charge is 0.378 e. The Bertz CT molecular complexity index is 859. The highest BCUT2D eigenvalue weighted by molar-refractivity contribution is 5.94. The van der Waals surface area contributed by atoms with Crippen LogP contribution in [0.1, 0.15) is 47.7 Å². The van der Waals surface area contributed by atoms with Gasteiger partial charge < -0.3 is 15.3 Å². The molecule has 0 saturated carbocycles. The van der Waals surface area contributed by atoms with Gasteiger partial charge in [0.15, 0.2) is 0 Å². The summed E-state index contributed by atoms with van der Waals surface area (Å²) in [5.74, 6) is 6.18. The van der Waals surface area contributed by atoms with Gasteiger partial charge in [-0.15, -0.1) is 0 Å². The van der Waals surface area contributed by atoms with Crippen molar-refractivity contribution < 1.29 is 9.90 Å². The van der Waals surface area contributed by atoms with Crippen LogP contribution in [-0.4, -0.2) is 47.7 Å². The molecule has 2 aromatic carbocycles. The maximum Gasteiger partial charge on any atom is 0.251 e. The predicted octanol–water partition coefficient (Wildman–Crippen LogP) is 3.03. The lowest BCUT2D eigenvalue weighted by atomic mass is 9.99. The number of nitrogens with zero attached hydrogens (tertiary/aromatic N) is 1. The quantitative estimate of drug-likeness (QED) is 0.789. The second-order valence-electron chi connectivity index (χ2n) is 7.84. The average molecular weight is 377 g/mol. The van der Waals surface area contributed by atoms with Crippen LogP contribution < -0.4 is 5.32 Å². The minimum Gasteiger partial charge on any atom is -0.378 e. The maximum absolute atomic E-state index is 12.4. The fourth-order valence-electron chi connectivity index (χ4n) is 3.43. The Morgan fingerprint density at radius 3 is 2.75 bits per heavy atom. The molecule has 1 aliphatic rings. The highest BCUT2D eigenvalue weighted by atomic mass is 16.3. The Morgan fingerprint density at radius 2 is 2.00 bits per heavy atom. The third kappa shape index (κ3) is 5.95. The number of nitrogens with one attached hydrogen (secondary N) is 1. The van der Waals surface area contributed by atoms with Crippen molar-refractivity contribution in [3.8, 4) is 11.8 Å². The van der Waals surface area contributed by atoms with Gasteiger partial charge in [-0.05, 0) is 56.5 Å². The Labute approximate surface area is 167 Å². The van der Waals surface area contributed by atoms with Crippen molar-refractivity contribution in [3.63, 3.8) is 0 Å². The molecule has 2 aromatic rings. The first-order valence-electron chi connectivity index (χ1n) is 9.82. The number of aliphatic hydroxyl groups is 1. The van der Waals surface area contributed by atoms with E-state index in [0.717, 1.165) is 25.2 Å². The molecule has 1 fully saturated rings. The standard InChI is InChI=1S/C24H28N2O2/c1-24(2,28)13-11-19-7-6-10-21(17-19)23(27)25-14-16-26-15-12-22(18-26)20-8-4-3-5-9-20/h3-10,17,22,28H,12,14-16,18H2,1-2H3,(H,25,27). The van der Waals surface area contributed by atoms with Gasteiger partial charge in [-0.25, -0.2) is 0 Å². The highest BCUT2D eigenvalue weighted by Crippen LogP contribution is 2.26. The van der Waals surface area contributed by atoms with Crippen LogP contribution in [-0.2, 0) is 0 Å². The molecule has 28 heavy (non-hydrogen) atoms. The van der Waals surface area contributed by atoms with E-state index in [9.17, 15) is 9.90 Å². The number of likely N-dealkylation sites (tertiary alicyclic amines) is 1. The van der Waals surface area contributed by atoms with Gasteiger partial charge in [0, 0.05) is 30.8 Å². The summed E-state index contributed by atoms with van der Waals surface area (Å²) in [7, 11) is 0. The van der Waals surface area contributed by atoms with E-state index >= 15 is 0 Å². The van der Waals surface area contributed by atoms with Gasteiger partial charge in [0.2, 0.25) is 0 Å². The average Bonchev–Trinajstić information content (AvgIpc) is 3.16. The zero-order chi connectivity index (χ0) is 20.0. The maximum atomic E-state index is 12.4. The molecule has 1 heterocycles. The molecule has 3 rings (SSSR count). The molecule has 4 heteroatoms. The number of benzene rings is 2. The summed E-state index contributed by atoms with van der Waals surface area (Å²) in [4.78, 5) is 14.8. The monoisotopic (exact) mass is 376 g/mol. The molecule has 4 nitrogen and oxygen atoms in total. The third-order valence-corrected chi connectivity index (χ3v) is 4.89. The van der Waals surface area contributed by atoms with E-state index in [4.69, 9.17) is 0 Å². The molecule has 0 radical (unpaired) electrons. The zero-order valence-electron chi connectivity index (χ0n) is 16.6. The van der Waals surface area contributed by atoms with Gasteiger partial charge in [-0.2, -0.15) is 0 Å². The minimum absolute atomic E-state index is 0.0919. The third-order valence-electron chi connectivity index (χ3n) is 4.89. The van der Waals surface area contributed by atoms with Crippen LogP contribution in [0.25, 0.3) is 0 Å². The van der Waals surface area contributed by atoms with Gasteiger partial charge >= 0.3 is 0 Å². The van der Waals surface area contributed by atoms with Crippen LogP contribution in [0.5, 0.6) is 0 Å². The summed E-state index contributed by atoms with van der Waals surface area (Å²) in [5, 5.41) is 12.7. The molecular weight excluding hydrogens is 348 g/mol. The Kier molecular flexibility index (Phi) is 6.51. The van der Waals surface area contributed by atoms with E-state index in [2.05, 4.69) is 52.4 Å². The Morgan fingerprint density at radius 1 is 1.21 bits per heavy atom. The highest BCUT2D eigenvalue weighted by Gasteiger charge is 2.23. The van der Waals surface area contributed by atoms with Crippen molar-refractivity contribution in [1.82, 2.24) is 10.2 Å². The number of carbonyl (C=O) groups is 1. The van der Waals surface area contributed by atoms with Crippen molar-refractivity contribution in [2.75, 3.05) is 26.2 Å². The van der Waals surface area contributed by atoms with Gasteiger partial charge in [-0.1, -0.05) is 48.2 Å². The first kappa shape index (κ1) is 20.1. The number of rotatable bonds is 5. The van der Waals surface area contributed by atoms with Crippen molar-refractivity contribution in [1.29, 1.82) is 0 Å². The van der Waals surface area contributed by atoms with E-state index in [0.29, 0.717) is 18.0 Å². The van der Waals surface area contributed by atoms with E-state index in [1.807, 2.05) is 12.1 Å².